The van der Waals surface area contributed by atoms with E-state index in [2.05, 4.69) is 20.6 Å². The molecule has 1 atom stereocenters. The number of aromatic nitrogens is 3. The number of hydrogen-bond donors (Lipinski definition) is 2. The Morgan fingerprint density at radius 3 is 2.58 bits per heavy atom. The zero-order valence-electron chi connectivity index (χ0n) is 19.6. The lowest BCUT2D eigenvalue weighted by Crippen LogP contribution is -2.39. The van der Waals surface area contributed by atoms with Gasteiger partial charge in [0.05, 0.1) is 22.7 Å². The highest BCUT2D eigenvalue weighted by Gasteiger charge is 2.26. The summed E-state index contributed by atoms with van der Waals surface area (Å²) in [5.74, 6) is -1.14. The molecule has 2 amide bonds. The molecule has 2 heterocycles. The van der Waals surface area contributed by atoms with Crippen molar-refractivity contribution in [3.8, 4) is 11.1 Å². The van der Waals surface area contributed by atoms with Crippen molar-refractivity contribution in [3.05, 3.63) is 77.6 Å². The van der Waals surface area contributed by atoms with E-state index in [4.69, 9.17) is 4.98 Å². The zero-order chi connectivity index (χ0) is 24.9. The summed E-state index contributed by atoms with van der Waals surface area (Å²) in [6.07, 6.45) is 9.00. The van der Waals surface area contributed by atoms with Gasteiger partial charge in [-0.15, -0.1) is 11.3 Å². The monoisotopic (exact) mass is 503 g/mol. The fourth-order valence-corrected chi connectivity index (χ4v) is 5.18. The molecule has 0 spiro atoms. The van der Waals surface area contributed by atoms with E-state index in [1.807, 2.05) is 18.2 Å². The Bertz CT molecular complexity index is 1360. The molecule has 2 N–H and O–H groups in total. The van der Waals surface area contributed by atoms with Crippen LogP contribution >= 0.6 is 11.3 Å². The summed E-state index contributed by atoms with van der Waals surface area (Å²) in [5, 5.41) is 6.41. The zero-order valence-corrected chi connectivity index (χ0v) is 20.4. The third-order valence-electron chi connectivity index (χ3n) is 6.15. The van der Waals surface area contributed by atoms with Gasteiger partial charge in [-0.2, -0.15) is 0 Å². The maximum absolute atomic E-state index is 13.2. The van der Waals surface area contributed by atoms with Crippen LogP contribution in [-0.2, 0) is 16.0 Å². The molecule has 2 aromatic heterocycles. The van der Waals surface area contributed by atoms with Crippen molar-refractivity contribution < 1.29 is 14.0 Å². The van der Waals surface area contributed by atoms with Crippen molar-refractivity contribution in [3.63, 3.8) is 0 Å². The van der Waals surface area contributed by atoms with Crippen LogP contribution in [-0.4, -0.2) is 39.4 Å². The van der Waals surface area contributed by atoms with E-state index in [-0.39, 0.29) is 30.2 Å². The predicted octanol–water partition coefficient (Wildman–Crippen LogP) is 4.39. The van der Waals surface area contributed by atoms with E-state index in [9.17, 15) is 14.0 Å². The first-order chi connectivity index (χ1) is 17.5. The van der Waals surface area contributed by atoms with E-state index < -0.39 is 5.92 Å². The number of nitrogens with zero attached hydrogens (tertiary/aromatic N) is 3. The number of rotatable bonds is 10. The van der Waals surface area contributed by atoms with Gasteiger partial charge in [0, 0.05) is 24.0 Å². The molecule has 4 aromatic rings. The molecule has 1 saturated carbocycles. The Labute approximate surface area is 212 Å². The van der Waals surface area contributed by atoms with Gasteiger partial charge in [-0.1, -0.05) is 18.2 Å². The molecule has 36 heavy (non-hydrogen) atoms. The van der Waals surface area contributed by atoms with Gasteiger partial charge in [0.25, 0.3) is 0 Å². The molecule has 7 nitrogen and oxygen atoms in total. The second kappa shape index (κ2) is 10.9. The lowest BCUT2D eigenvalue weighted by molar-refractivity contribution is -0.127. The standard InChI is InChI=1S/C27H26FN5O2S/c28-20-7-4-17(5-8-20)2-1-3-22(26(35)31-15-25(34)32-21-9-10-21)27-33-23-11-6-18(12-24(23)36-27)19-13-29-16-30-14-19/h4-8,11-14,16,21-22H,1-3,9-10,15H2,(H,31,35)(H,32,34). The van der Waals surface area contributed by atoms with Crippen molar-refractivity contribution >= 4 is 33.4 Å². The average Bonchev–Trinajstić information content (AvgIpc) is 3.61. The first-order valence-corrected chi connectivity index (χ1v) is 12.8. The molecule has 0 radical (unpaired) electrons. The van der Waals surface area contributed by atoms with Crippen LogP contribution < -0.4 is 10.6 Å². The number of carbonyl (C=O) groups excluding carboxylic acids is 2. The van der Waals surface area contributed by atoms with Crippen LogP contribution in [0.4, 0.5) is 4.39 Å². The molecule has 1 aliphatic carbocycles. The number of halogens is 1. The summed E-state index contributed by atoms with van der Waals surface area (Å²) in [7, 11) is 0. The van der Waals surface area contributed by atoms with Crippen molar-refractivity contribution in [1.29, 1.82) is 0 Å². The van der Waals surface area contributed by atoms with Gasteiger partial charge in [0.15, 0.2) is 0 Å². The Morgan fingerprint density at radius 1 is 1.06 bits per heavy atom. The molecule has 1 unspecified atom stereocenters. The Morgan fingerprint density at radius 2 is 1.83 bits per heavy atom. The molecular weight excluding hydrogens is 477 g/mol. The number of aryl methyl sites for hydroxylation is 1. The largest absolute Gasteiger partial charge is 0.352 e. The lowest BCUT2D eigenvalue weighted by Gasteiger charge is -2.15. The number of fused-ring (bicyclic) bond motifs is 1. The van der Waals surface area contributed by atoms with Crippen LogP contribution in [0.25, 0.3) is 21.3 Å². The minimum atomic E-state index is -0.486. The fourth-order valence-electron chi connectivity index (χ4n) is 4.04. The van der Waals surface area contributed by atoms with E-state index in [1.165, 1.54) is 29.8 Å². The van der Waals surface area contributed by atoms with Crippen molar-refractivity contribution in [2.45, 2.75) is 44.1 Å². The van der Waals surface area contributed by atoms with Gasteiger partial charge in [-0.3, -0.25) is 9.59 Å². The van der Waals surface area contributed by atoms with E-state index in [0.717, 1.165) is 52.6 Å². The van der Waals surface area contributed by atoms with Crippen LogP contribution in [0.5, 0.6) is 0 Å². The molecule has 2 aromatic carbocycles. The highest BCUT2D eigenvalue weighted by Crippen LogP contribution is 2.33. The third kappa shape index (κ3) is 6.09. The molecule has 0 saturated heterocycles. The highest BCUT2D eigenvalue weighted by atomic mass is 32.1. The Balaban J connectivity index is 1.33. The second-order valence-electron chi connectivity index (χ2n) is 8.99. The minimum Gasteiger partial charge on any atom is -0.352 e. The quantitative estimate of drug-likeness (QED) is 0.335. The minimum absolute atomic E-state index is 0.0488. The van der Waals surface area contributed by atoms with Crippen LogP contribution in [0, 0.1) is 5.82 Å². The number of amides is 2. The van der Waals surface area contributed by atoms with Gasteiger partial charge >= 0.3 is 0 Å². The normalized spacial score (nSPS) is 13.9. The van der Waals surface area contributed by atoms with Gasteiger partial charge in [0.2, 0.25) is 11.8 Å². The highest BCUT2D eigenvalue weighted by molar-refractivity contribution is 7.18. The smallest absolute Gasteiger partial charge is 0.239 e. The van der Waals surface area contributed by atoms with Crippen molar-refractivity contribution in [2.24, 2.45) is 0 Å². The molecular formula is C27H26FN5O2S. The van der Waals surface area contributed by atoms with Crippen LogP contribution in [0.2, 0.25) is 0 Å². The Kier molecular flexibility index (Phi) is 7.27. The summed E-state index contributed by atoms with van der Waals surface area (Å²) >= 11 is 1.48. The summed E-state index contributed by atoms with van der Waals surface area (Å²) in [4.78, 5) is 38.3. The van der Waals surface area contributed by atoms with E-state index in [0.29, 0.717) is 11.4 Å². The van der Waals surface area contributed by atoms with E-state index in [1.54, 1.807) is 24.5 Å². The summed E-state index contributed by atoms with van der Waals surface area (Å²) in [5.41, 5.74) is 3.72. The molecule has 184 valence electrons. The number of hydrogen-bond acceptors (Lipinski definition) is 6. The molecule has 1 aliphatic rings. The molecule has 0 bridgehead atoms. The molecule has 1 fully saturated rings. The average molecular weight is 504 g/mol. The third-order valence-corrected chi connectivity index (χ3v) is 7.28. The number of nitrogens with one attached hydrogen (secondary N) is 2. The maximum atomic E-state index is 13.2. The summed E-state index contributed by atoms with van der Waals surface area (Å²) < 4.78 is 14.2. The van der Waals surface area contributed by atoms with Crippen LogP contribution in [0.3, 0.4) is 0 Å². The summed E-state index contributed by atoms with van der Waals surface area (Å²) in [6, 6.07) is 12.6. The SMILES string of the molecule is O=C(CNC(=O)C(CCCc1ccc(F)cc1)c1nc2ccc(-c3cncnc3)cc2s1)NC1CC1. The number of carbonyl (C=O) groups is 2. The first kappa shape index (κ1) is 24.0. The fraction of sp³-hybridized carbons (Fsp3) is 0.296. The predicted molar refractivity (Wildman–Crippen MR) is 137 cm³/mol. The lowest BCUT2D eigenvalue weighted by atomic mass is 9.99. The molecule has 0 aliphatic heterocycles. The van der Waals surface area contributed by atoms with Gasteiger partial charge in [-0.25, -0.2) is 19.3 Å². The number of benzene rings is 2. The summed E-state index contributed by atoms with van der Waals surface area (Å²) in [6.45, 7) is -0.0488. The van der Waals surface area contributed by atoms with Gasteiger partial charge in [-0.05, 0) is 67.5 Å². The second-order valence-corrected chi connectivity index (χ2v) is 10.1. The first-order valence-electron chi connectivity index (χ1n) is 12.0. The number of thiazole rings is 1. The molecule has 9 heteroatoms. The molecule has 5 rings (SSSR count). The van der Waals surface area contributed by atoms with Crippen LogP contribution in [0.15, 0.2) is 61.2 Å². The Hall–Kier alpha value is -3.72. The topological polar surface area (TPSA) is 96.9 Å². The van der Waals surface area contributed by atoms with E-state index >= 15 is 0 Å². The van der Waals surface area contributed by atoms with Crippen molar-refractivity contribution in [1.82, 2.24) is 25.6 Å². The van der Waals surface area contributed by atoms with Gasteiger partial charge in [0.1, 0.15) is 17.2 Å². The van der Waals surface area contributed by atoms with Gasteiger partial charge < -0.3 is 10.6 Å². The van der Waals surface area contributed by atoms with Crippen molar-refractivity contribution in [2.75, 3.05) is 6.54 Å². The van der Waals surface area contributed by atoms with Crippen LogP contribution in [0.1, 0.15) is 42.2 Å². The maximum Gasteiger partial charge on any atom is 0.239 e.